The number of aromatic nitrogens is 2. The van der Waals surface area contributed by atoms with Crippen LogP contribution in [-0.2, 0) is 26.3 Å². The first kappa shape index (κ1) is 13.1. The second kappa shape index (κ2) is 4.89. The van der Waals surface area contributed by atoms with Gasteiger partial charge in [0, 0.05) is 30.3 Å². The SMILES string of the molecule is CCc1nn(C)c(CC)c1-c1cccc2c1CCC2=O. The van der Waals surface area contributed by atoms with Gasteiger partial charge in [-0.3, -0.25) is 9.48 Å². The summed E-state index contributed by atoms with van der Waals surface area (Å²) < 4.78 is 1.99. The van der Waals surface area contributed by atoms with Gasteiger partial charge in [0.25, 0.3) is 0 Å². The number of ketones is 1. The van der Waals surface area contributed by atoms with Gasteiger partial charge in [-0.1, -0.05) is 32.0 Å². The van der Waals surface area contributed by atoms with E-state index in [9.17, 15) is 4.79 Å². The number of hydrogen-bond donors (Lipinski definition) is 0. The molecule has 3 rings (SSSR count). The summed E-state index contributed by atoms with van der Waals surface area (Å²) in [5.41, 5.74) is 7.00. The van der Waals surface area contributed by atoms with Crippen molar-refractivity contribution in [2.45, 2.75) is 39.5 Å². The van der Waals surface area contributed by atoms with E-state index in [2.05, 4.69) is 25.0 Å². The fourth-order valence-electron chi connectivity index (χ4n) is 3.31. The molecule has 2 aromatic rings. The second-order valence-electron chi connectivity index (χ2n) is 5.35. The van der Waals surface area contributed by atoms with Gasteiger partial charge in [-0.15, -0.1) is 0 Å². The van der Waals surface area contributed by atoms with Crippen LogP contribution in [0.25, 0.3) is 11.1 Å². The number of carbonyl (C=O) groups is 1. The number of carbonyl (C=O) groups excluding carboxylic acids is 1. The van der Waals surface area contributed by atoms with Crippen LogP contribution < -0.4 is 0 Å². The van der Waals surface area contributed by atoms with Crippen molar-refractivity contribution in [3.05, 3.63) is 40.7 Å². The molecule has 0 N–H and O–H groups in total. The molecular weight excluding hydrogens is 248 g/mol. The lowest BCUT2D eigenvalue weighted by Gasteiger charge is -2.10. The van der Waals surface area contributed by atoms with Crippen LogP contribution in [0.4, 0.5) is 0 Å². The molecule has 0 radical (unpaired) electrons. The lowest BCUT2D eigenvalue weighted by molar-refractivity contribution is 0.0994. The quantitative estimate of drug-likeness (QED) is 0.855. The van der Waals surface area contributed by atoms with Gasteiger partial charge in [0.05, 0.1) is 5.69 Å². The van der Waals surface area contributed by atoms with E-state index in [0.29, 0.717) is 6.42 Å². The molecule has 0 bridgehead atoms. The van der Waals surface area contributed by atoms with E-state index < -0.39 is 0 Å². The van der Waals surface area contributed by atoms with Crippen molar-refractivity contribution in [1.29, 1.82) is 0 Å². The van der Waals surface area contributed by atoms with Crippen LogP contribution in [0.3, 0.4) is 0 Å². The van der Waals surface area contributed by atoms with Crippen molar-refractivity contribution in [2.75, 3.05) is 0 Å². The summed E-state index contributed by atoms with van der Waals surface area (Å²) in [4.78, 5) is 11.9. The molecule has 0 unspecified atom stereocenters. The van der Waals surface area contributed by atoms with Crippen molar-refractivity contribution in [1.82, 2.24) is 9.78 Å². The molecule has 0 spiro atoms. The monoisotopic (exact) mass is 268 g/mol. The van der Waals surface area contributed by atoms with Crippen LogP contribution in [0.1, 0.15) is 47.6 Å². The molecule has 3 heteroatoms. The maximum absolute atomic E-state index is 11.9. The number of aryl methyl sites for hydroxylation is 2. The molecule has 0 saturated heterocycles. The summed E-state index contributed by atoms with van der Waals surface area (Å²) in [6.45, 7) is 4.30. The second-order valence-corrected chi connectivity index (χ2v) is 5.35. The number of fused-ring (bicyclic) bond motifs is 1. The zero-order valence-corrected chi connectivity index (χ0v) is 12.4. The third-order valence-electron chi connectivity index (χ3n) is 4.26. The van der Waals surface area contributed by atoms with Gasteiger partial charge in [-0.05, 0) is 30.4 Å². The van der Waals surface area contributed by atoms with Crippen LogP contribution in [0.5, 0.6) is 0 Å². The maximum atomic E-state index is 11.9. The number of benzene rings is 1. The molecule has 1 aliphatic carbocycles. The van der Waals surface area contributed by atoms with Crippen molar-refractivity contribution in [2.24, 2.45) is 7.05 Å². The fraction of sp³-hybridized carbons (Fsp3) is 0.412. The average molecular weight is 268 g/mol. The third-order valence-corrected chi connectivity index (χ3v) is 4.26. The largest absolute Gasteiger partial charge is 0.294 e. The Labute approximate surface area is 119 Å². The topological polar surface area (TPSA) is 34.9 Å². The van der Waals surface area contributed by atoms with Gasteiger partial charge < -0.3 is 0 Å². The van der Waals surface area contributed by atoms with Crippen LogP contribution in [0, 0.1) is 0 Å². The fourth-order valence-corrected chi connectivity index (χ4v) is 3.31. The Morgan fingerprint density at radius 3 is 2.60 bits per heavy atom. The Balaban J connectivity index is 2.27. The molecule has 0 amide bonds. The highest BCUT2D eigenvalue weighted by Gasteiger charge is 2.25. The molecule has 1 aliphatic rings. The minimum atomic E-state index is 0.279. The smallest absolute Gasteiger partial charge is 0.163 e. The predicted octanol–water partition coefficient (Wildman–Crippen LogP) is 3.34. The molecule has 1 aromatic heterocycles. The zero-order valence-electron chi connectivity index (χ0n) is 12.4. The van der Waals surface area contributed by atoms with Crippen LogP contribution in [0.15, 0.2) is 18.2 Å². The van der Waals surface area contributed by atoms with Gasteiger partial charge in [0.1, 0.15) is 0 Å². The van der Waals surface area contributed by atoms with E-state index in [4.69, 9.17) is 0 Å². The van der Waals surface area contributed by atoms with Crippen molar-refractivity contribution >= 4 is 5.78 Å². The van der Waals surface area contributed by atoms with Crippen molar-refractivity contribution < 1.29 is 4.79 Å². The number of Topliss-reactive ketones (excluding diaryl/α,β-unsaturated/α-hetero) is 1. The zero-order chi connectivity index (χ0) is 14.3. The minimum Gasteiger partial charge on any atom is -0.294 e. The number of rotatable bonds is 3. The number of nitrogens with zero attached hydrogens (tertiary/aromatic N) is 2. The van der Waals surface area contributed by atoms with Gasteiger partial charge in [0.2, 0.25) is 0 Å². The Morgan fingerprint density at radius 1 is 1.15 bits per heavy atom. The molecule has 0 fully saturated rings. The Kier molecular flexibility index (Phi) is 3.20. The summed E-state index contributed by atoms with van der Waals surface area (Å²) in [6, 6.07) is 6.11. The first-order chi connectivity index (χ1) is 9.67. The van der Waals surface area contributed by atoms with E-state index in [0.717, 1.165) is 30.5 Å². The molecule has 3 nitrogen and oxygen atoms in total. The van der Waals surface area contributed by atoms with Gasteiger partial charge in [0.15, 0.2) is 5.78 Å². The van der Waals surface area contributed by atoms with Gasteiger partial charge >= 0.3 is 0 Å². The third kappa shape index (κ3) is 1.80. The molecule has 1 aromatic carbocycles. The van der Waals surface area contributed by atoms with Gasteiger partial charge in [-0.25, -0.2) is 0 Å². The van der Waals surface area contributed by atoms with E-state index in [1.165, 1.54) is 22.4 Å². The lowest BCUT2D eigenvalue weighted by Crippen LogP contribution is -1.98. The standard InChI is InChI=1S/C17H20N2O/c1-4-14-17(15(5-2)19(3)18-14)13-8-6-7-12-11(13)9-10-16(12)20/h6-8H,4-5,9-10H2,1-3H3. The van der Waals surface area contributed by atoms with Crippen LogP contribution in [-0.4, -0.2) is 15.6 Å². The molecule has 0 aliphatic heterocycles. The average Bonchev–Trinajstić information content (AvgIpc) is 2.99. The molecule has 104 valence electrons. The summed E-state index contributed by atoms with van der Waals surface area (Å²) in [6.07, 6.45) is 3.39. The molecule has 0 saturated carbocycles. The lowest BCUT2D eigenvalue weighted by atomic mass is 9.94. The molecule has 1 heterocycles. The van der Waals surface area contributed by atoms with E-state index >= 15 is 0 Å². The normalized spacial score (nSPS) is 13.8. The van der Waals surface area contributed by atoms with Crippen molar-refractivity contribution in [3.8, 4) is 11.1 Å². The Morgan fingerprint density at radius 2 is 1.90 bits per heavy atom. The first-order valence-corrected chi connectivity index (χ1v) is 7.37. The highest BCUT2D eigenvalue weighted by atomic mass is 16.1. The van der Waals surface area contributed by atoms with Gasteiger partial charge in [-0.2, -0.15) is 5.10 Å². The van der Waals surface area contributed by atoms with Crippen molar-refractivity contribution in [3.63, 3.8) is 0 Å². The first-order valence-electron chi connectivity index (χ1n) is 7.37. The highest BCUT2D eigenvalue weighted by molar-refractivity contribution is 6.02. The van der Waals surface area contributed by atoms with Crippen LogP contribution >= 0.6 is 0 Å². The minimum absolute atomic E-state index is 0.279. The van der Waals surface area contributed by atoms with Crippen LogP contribution in [0.2, 0.25) is 0 Å². The van der Waals surface area contributed by atoms with E-state index in [1.54, 1.807) is 0 Å². The molecule has 0 atom stereocenters. The summed E-state index contributed by atoms with van der Waals surface area (Å²) in [7, 11) is 2.01. The summed E-state index contributed by atoms with van der Waals surface area (Å²) in [5.74, 6) is 0.279. The number of hydrogen-bond acceptors (Lipinski definition) is 2. The highest BCUT2D eigenvalue weighted by Crippen LogP contribution is 2.36. The molecular formula is C17H20N2O. The maximum Gasteiger partial charge on any atom is 0.163 e. The Bertz CT molecular complexity index is 683. The Hall–Kier alpha value is -1.90. The predicted molar refractivity (Wildman–Crippen MR) is 80.1 cm³/mol. The molecule has 20 heavy (non-hydrogen) atoms. The van der Waals surface area contributed by atoms with E-state index in [-0.39, 0.29) is 5.78 Å². The summed E-state index contributed by atoms with van der Waals surface area (Å²) >= 11 is 0. The summed E-state index contributed by atoms with van der Waals surface area (Å²) in [5, 5.41) is 4.65. The van der Waals surface area contributed by atoms with E-state index in [1.807, 2.05) is 23.9 Å².